The van der Waals surface area contributed by atoms with Crippen LogP contribution in [0.3, 0.4) is 0 Å². The van der Waals surface area contributed by atoms with Crippen LogP contribution in [-0.4, -0.2) is 41.5 Å². The summed E-state index contributed by atoms with van der Waals surface area (Å²) in [5, 5.41) is 8.77. The van der Waals surface area contributed by atoms with Gasteiger partial charge in [0.25, 0.3) is 5.91 Å². The van der Waals surface area contributed by atoms with Gasteiger partial charge in [0.2, 0.25) is 21.8 Å². The van der Waals surface area contributed by atoms with Gasteiger partial charge in [-0.25, -0.2) is 13.1 Å². The van der Waals surface area contributed by atoms with Crippen LogP contribution in [0.15, 0.2) is 57.8 Å². The van der Waals surface area contributed by atoms with Crippen LogP contribution in [0.4, 0.5) is 0 Å². The van der Waals surface area contributed by atoms with Gasteiger partial charge < -0.3 is 9.32 Å². The van der Waals surface area contributed by atoms with Crippen LogP contribution < -0.4 is 4.72 Å². The molecule has 1 aromatic heterocycles. The summed E-state index contributed by atoms with van der Waals surface area (Å²) in [6.45, 7) is 0.154. The van der Waals surface area contributed by atoms with Gasteiger partial charge in [-0.1, -0.05) is 17.7 Å². The minimum Gasteiger partial charge on any atom is -0.419 e. The molecule has 2 aliphatic rings. The fourth-order valence-electron chi connectivity index (χ4n) is 3.38. The Kier molecular flexibility index (Phi) is 5.48. The summed E-state index contributed by atoms with van der Waals surface area (Å²) in [6.07, 6.45) is 3.45. The van der Waals surface area contributed by atoms with Crippen LogP contribution in [0.25, 0.3) is 11.5 Å². The number of carbonyl (C=O) groups excluding carboxylic acids is 1. The third-order valence-electron chi connectivity index (χ3n) is 5.40. The summed E-state index contributed by atoms with van der Waals surface area (Å²) in [5.74, 6) is 0.399. The largest absolute Gasteiger partial charge is 0.419 e. The van der Waals surface area contributed by atoms with Gasteiger partial charge in [-0.05, 0) is 68.1 Å². The Labute approximate surface area is 190 Å². The molecule has 8 nitrogen and oxygen atoms in total. The lowest BCUT2D eigenvalue weighted by molar-refractivity contribution is 0.0714. The van der Waals surface area contributed by atoms with Gasteiger partial charge in [0.15, 0.2) is 0 Å². The van der Waals surface area contributed by atoms with Gasteiger partial charge in [0, 0.05) is 28.2 Å². The molecule has 2 aromatic carbocycles. The Morgan fingerprint density at radius 3 is 2.53 bits per heavy atom. The first-order chi connectivity index (χ1) is 15.4. The second kappa shape index (κ2) is 8.31. The molecule has 0 bridgehead atoms. The Morgan fingerprint density at radius 1 is 1.09 bits per heavy atom. The van der Waals surface area contributed by atoms with Crippen molar-refractivity contribution >= 4 is 27.5 Å². The molecule has 0 unspecified atom stereocenters. The minimum absolute atomic E-state index is 0.00492. The number of amides is 1. The quantitative estimate of drug-likeness (QED) is 0.536. The number of hydrogen-bond acceptors (Lipinski definition) is 6. The zero-order valence-corrected chi connectivity index (χ0v) is 18.6. The molecule has 32 heavy (non-hydrogen) atoms. The van der Waals surface area contributed by atoms with Crippen molar-refractivity contribution < 1.29 is 17.6 Å². The van der Waals surface area contributed by atoms with E-state index in [1.54, 1.807) is 41.3 Å². The lowest BCUT2D eigenvalue weighted by Gasteiger charge is -2.21. The predicted molar refractivity (Wildman–Crippen MR) is 117 cm³/mol. The first-order valence-electron chi connectivity index (χ1n) is 10.4. The fourth-order valence-corrected chi connectivity index (χ4v) is 4.85. The number of sulfonamides is 1. The molecule has 5 rings (SSSR count). The van der Waals surface area contributed by atoms with E-state index in [9.17, 15) is 13.2 Å². The Balaban J connectivity index is 1.35. The molecule has 1 N–H and O–H groups in total. The molecule has 1 amide bonds. The normalized spacial score (nSPS) is 16.2. The summed E-state index contributed by atoms with van der Waals surface area (Å²) in [5.41, 5.74) is 1.05. The van der Waals surface area contributed by atoms with E-state index in [-0.39, 0.29) is 29.4 Å². The average molecular weight is 473 g/mol. The molecule has 10 heteroatoms. The third kappa shape index (κ3) is 4.69. The average Bonchev–Trinajstić information content (AvgIpc) is 3.72. The number of nitrogens with one attached hydrogen (secondary N) is 1. The van der Waals surface area contributed by atoms with E-state index in [1.807, 2.05) is 0 Å². The van der Waals surface area contributed by atoms with Crippen molar-refractivity contribution in [3.05, 3.63) is 65.0 Å². The number of halogens is 1. The van der Waals surface area contributed by atoms with Crippen LogP contribution in [0, 0.1) is 0 Å². The highest BCUT2D eigenvalue weighted by atomic mass is 35.5. The highest BCUT2D eigenvalue weighted by Gasteiger charge is 2.35. The minimum atomic E-state index is -3.64. The van der Waals surface area contributed by atoms with E-state index in [1.165, 1.54) is 12.1 Å². The Morgan fingerprint density at radius 2 is 1.84 bits per heavy atom. The van der Waals surface area contributed by atoms with Crippen molar-refractivity contribution in [2.24, 2.45) is 0 Å². The van der Waals surface area contributed by atoms with Crippen molar-refractivity contribution in [2.45, 2.75) is 49.2 Å². The van der Waals surface area contributed by atoms with E-state index >= 15 is 0 Å². The van der Waals surface area contributed by atoms with Crippen LogP contribution in [0.1, 0.15) is 41.9 Å². The summed E-state index contributed by atoms with van der Waals surface area (Å²) >= 11 is 5.92. The van der Waals surface area contributed by atoms with Crippen molar-refractivity contribution in [1.29, 1.82) is 0 Å². The molecule has 0 spiro atoms. The second-order valence-corrected chi connectivity index (χ2v) is 10.2. The molecule has 2 aliphatic carbocycles. The molecule has 0 atom stereocenters. The van der Waals surface area contributed by atoms with E-state index < -0.39 is 10.0 Å². The zero-order valence-electron chi connectivity index (χ0n) is 17.1. The zero-order chi connectivity index (χ0) is 22.3. The lowest BCUT2D eigenvalue weighted by Crippen LogP contribution is -2.33. The summed E-state index contributed by atoms with van der Waals surface area (Å²) in [4.78, 5) is 15.0. The number of hydrogen-bond donors (Lipinski definition) is 1. The SMILES string of the molecule is O=C(c1cccc(S(=O)(=O)NC2CC2)c1)N(Cc1nnc(-c2ccc(Cl)cc2)o1)C1CC1. The number of carbonyl (C=O) groups is 1. The summed E-state index contributed by atoms with van der Waals surface area (Å²) in [7, 11) is -3.64. The number of nitrogens with zero attached hydrogens (tertiary/aromatic N) is 3. The Hall–Kier alpha value is -2.75. The number of aromatic nitrogens is 2. The number of benzene rings is 2. The molecule has 0 radical (unpaired) electrons. The molecule has 1 heterocycles. The van der Waals surface area contributed by atoms with Gasteiger partial charge in [-0.2, -0.15) is 0 Å². The molecule has 2 fully saturated rings. The molecular weight excluding hydrogens is 452 g/mol. The summed E-state index contributed by atoms with van der Waals surface area (Å²) in [6, 6.07) is 13.2. The molecular formula is C22H21ClN4O4S. The van der Waals surface area contributed by atoms with Gasteiger partial charge in [0.05, 0.1) is 11.4 Å². The topological polar surface area (TPSA) is 105 Å². The predicted octanol–water partition coefficient (Wildman–Crippen LogP) is 3.64. The molecule has 0 saturated heterocycles. The van der Waals surface area contributed by atoms with Gasteiger partial charge in [0.1, 0.15) is 0 Å². The highest BCUT2D eigenvalue weighted by Crippen LogP contribution is 2.31. The van der Waals surface area contributed by atoms with Crippen molar-refractivity contribution in [2.75, 3.05) is 0 Å². The van der Waals surface area contributed by atoms with Gasteiger partial charge >= 0.3 is 0 Å². The maximum absolute atomic E-state index is 13.3. The van der Waals surface area contributed by atoms with Gasteiger partial charge in [-0.15, -0.1) is 10.2 Å². The maximum Gasteiger partial charge on any atom is 0.254 e. The van der Waals surface area contributed by atoms with E-state index in [0.29, 0.717) is 22.4 Å². The number of rotatable bonds is 8. The van der Waals surface area contributed by atoms with E-state index in [0.717, 1.165) is 31.2 Å². The lowest BCUT2D eigenvalue weighted by atomic mass is 10.2. The van der Waals surface area contributed by atoms with Crippen molar-refractivity contribution in [3.63, 3.8) is 0 Å². The monoisotopic (exact) mass is 472 g/mol. The molecule has 3 aromatic rings. The fraction of sp³-hybridized carbons (Fsp3) is 0.318. The molecule has 166 valence electrons. The van der Waals surface area contributed by atoms with Crippen LogP contribution in [-0.2, 0) is 16.6 Å². The van der Waals surface area contributed by atoms with Crippen LogP contribution in [0.2, 0.25) is 5.02 Å². The first kappa shape index (κ1) is 21.1. The van der Waals surface area contributed by atoms with Gasteiger partial charge in [-0.3, -0.25) is 4.79 Å². The van der Waals surface area contributed by atoms with Crippen LogP contribution >= 0.6 is 11.6 Å². The Bertz CT molecular complexity index is 1250. The smallest absolute Gasteiger partial charge is 0.254 e. The van der Waals surface area contributed by atoms with E-state index in [2.05, 4.69) is 14.9 Å². The first-order valence-corrected chi connectivity index (χ1v) is 12.3. The maximum atomic E-state index is 13.3. The van der Waals surface area contributed by atoms with Crippen LogP contribution in [0.5, 0.6) is 0 Å². The van der Waals surface area contributed by atoms with Crippen molar-refractivity contribution in [1.82, 2.24) is 19.8 Å². The highest BCUT2D eigenvalue weighted by molar-refractivity contribution is 7.89. The third-order valence-corrected chi connectivity index (χ3v) is 7.17. The molecule has 0 aliphatic heterocycles. The second-order valence-electron chi connectivity index (χ2n) is 8.10. The molecule has 2 saturated carbocycles. The standard InChI is InChI=1S/C22H21ClN4O4S/c23-16-6-4-14(5-7-16)21-25-24-20(31-21)13-27(18-10-11-18)22(28)15-2-1-3-19(12-15)32(29,30)26-17-8-9-17/h1-7,12,17-18,26H,8-11,13H2. The summed E-state index contributed by atoms with van der Waals surface area (Å²) < 4.78 is 33.5. The van der Waals surface area contributed by atoms with Crippen molar-refractivity contribution in [3.8, 4) is 11.5 Å². The van der Waals surface area contributed by atoms with E-state index in [4.69, 9.17) is 16.0 Å².